The van der Waals surface area contributed by atoms with E-state index in [-0.39, 0.29) is 5.78 Å². The number of ketones is 1. The molecule has 0 saturated carbocycles. The van der Waals surface area contributed by atoms with Gasteiger partial charge in [-0.1, -0.05) is 42.0 Å². The lowest BCUT2D eigenvalue weighted by Crippen LogP contribution is -2.35. The van der Waals surface area contributed by atoms with Gasteiger partial charge >= 0.3 is 0 Å². The highest BCUT2D eigenvalue weighted by Crippen LogP contribution is 2.23. The monoisotopic (exact) mass is 351 g/mol. The van der Waals surface area contributed by atoms with Crippen molar-refractivity contribution in [3.05, 3.63) is 70.8 Å². The number of morpholine rings is 1. The Bertz CT molecular complexity index is 774. The number of benzene rings is 2. The van der Waals surface area contributed by atoms with Gasteiger partial charge in [0.2, 0.25) is 0 Å². The predicted octanol–water partition coefficient (Wildman–Crippen LogP) is 3.73. The first-order valence-corrected chi connectivity index (χ1v) is 8.92. The van der Waals surface area contributed by atoms with Crippen LogP contribution in [0.5, 0.6) is 5.75 Å². The predicted molar refractivity (Wildman–Crippen MR) is 104 cm³/mol. The molecule has 2 aromatic carbocycles. The summed E-state index contributed by atoms with van der Waals surface area (Å²) in [6.45, 7) is 6.22. The maximum Gasteiger partial charge on any atom is 0.185 e. The Morgan fingerprint density at radius 3 is 2.58 bits per heavy atom. The van der Waals surface area contributed by atoms with E-state index in [1.165, 1.54) is 0 Å². The van der Waals surface area contributed by atoms with Gasteiger partial charge in [-0.25, -0.2) is 0 Å². The Labute approximate surface area is 155 Å². The second-order valence-corrected chi connectivity index (χ2v) is 6.52. The second kappa shape index (κ2) is 8.79. The van der Waals surface area contributed by atoms with Crippen molar-refractivity contribution in [3.63, 3.8) is 0 Å². The lowest BCUT2D eigenvalue weighted by Gasteiger charge is -2.27. The Morgan fingerprint density at radius 1 is 1.15 bits per heavy atom. The summed E-state index contributed by atoms with van der Waals surface area (Å²) in [5, 5.41) is 0. The molecule has 0 N–H and O–H groups in total. The van der Waals surface area contributed by atoms with Gasteiger partial charge in [-0.15, -0.1) is 0 Å². The molecule has 3 rings (SSSR count). The summed E-state index contributed by atoms with van der Waals surface area (Å²) in [6.07, 6.45) is 3.50. The Kier molecular flexibility index (Phi) is 6.21. The van der Waals surface area contributed by atoms with Gasteiger partial charge in [-0.2, -0.15) is 0 Å². The maximum atomic E-state index is 12.3. The van der Waals surface area contributed by atoms with Crippen LogP contribution in [0.3, 0.4) is 0 Å². The van der Waals surface area contributed by atoms with E-state index in [1.807, 2.05) is 49.4 Å². The van der Waals surface area contributed by atoms with Crippen LogP contribution < -0.4 is 4.74 Å². The van der Waals surface area contributed by atoms with E-state index in [4.69, 9.17) is 9.47 Å². The molecule has 0 aromatic heterocycles. The van der Waals surface area contributed by atoms with Gasteiger partial charge in [0.05, 0.1) is 20.3 Å². The molecule has 0 radical (unpaired) electrons. The highest BCUT2D eigenvalue weighted by Gasteiger charge is 2.13. The van der Waals surface area contributed by atoms with E-state index in [2.05, 4.69) is 11.0 Å². The Morgan fingerprint density at radius 2 is 1.88 bits per heavy atom. The third-order valence-corrected chi connectivity index (χ3v) is 4.57. The Balaban J connectivity index is 1.73. The Hall–Kier alpha value is -2.43. The molecule has 0 unspecified atom stereocenters. The SMILES string of the molecule is COc1ccc(/C=C/C(=O)c2ccc(C)cc2)cc1CN1CCOCC1. The molecular formula is C22H25NO3. The largest absolute Gasteiger partial charge is 0.496 e. The standard InChI is InChI=1S/C22H25NO3/c1-17-3-7-19(8-4-17)21(24)9-5-18-6-10-22(25-2)20(15-18)16-23-11-13-26-14-12-23/h3-10,15H,11-14,16H2,1-2H3/b9-5+. The van der Waals surface area contributed by atoms with Gasteiger partial charge in [0.1, 0.15) is 5.75 Å². The van der Waals surface area contributed by atoms with Crippen LogP contribution in [0.1, 0.15) is 27.0 Å². The third-order valence-electron chi connectivity index (χ3n) is 4.57. The van der Waals surface area contributed by atoms with Crippen LogP contribution in [0.15, 0.2) is 48.5 Å². The zero-order valence-corrected chi connectivity index (χ0v) is 15.4. The highest BCUT2D eigenvalue weighted by molar-refractivity contribution is 6.06. The number of ether oxygens (including phenoxy) is 2. The van der Waals surface area contributed by atoms with Crippen molar-refractivity contribution in [2.75, 3.05) is 33.4 Å². The molecule has 1 heterocycles. The normalized spacial score (nSPS) is 15.3. The van der Waals surface area contributed by atoms with Crippen molar-refractivity contribution in [2.24, 2.45) is 0 Å². The van der Waals surface area contributed by atoms with Crippen LogP contribution >= 0.6 is 0 Å². The number of carbonyl (C=O) groups excluding carboxylic acids is 1. The molecule has 26 heavy (non-hydrogen) atoms. The van der Waals surface area contributed by atoms with Crippen molar-refractivity contribution in [1.29, 1.82) is 0 Å². The number of allylic oxidation sites excluding steroid dienone is 1. The van der Waals surface area contributed by atoms with Gasteiger partial charge in [0, 0.05) is 30.8 Å². The minimum atomic E-state index is 0.00977. The van der Waals surface area contributed by atoms with Crippen LogP contribution in [-0.2, 0) is 11.3 Å². The fourth-order valence-corrected chi connectivity index (χ4v) is 3.01. The lowest BCUT2D eigenvalue weighted by molar-refractivity contribution is 0.0339. The maximum absolute atomic E-state index is 12.3. The second-order valence-electron chi connectivity index (χ2n) is 6.52. The number of nitrogens with zero attached hydrogens (tertiary/aromatic N) is 1. The van der Waals surface area contributed by atoms with Gasteiger partial charge in [0.15, 0.2) is 5.78 Å². The summed E-state index contributed by atoms with van der Waals surface area (Å²) in [6, 6.07) is 13.7. The van der Waals surface area contributed by atoms with Crippen LogP contribution in [0.2, 0.25) is 0 Å². The molecule has 0 spiro atoms. The fourth-order valence-electron chi connectivity index (χ4n) is 3.01. The fraction of sp³-hybridized carbons (Fsp3) is 0.318. The average Bonchev–Trinajstić information content (AvgIpc) is 2.67. The van der Waals surface area contributed by atoms with Gasteiger partial charge in [-0.05, 0) is 30.7 Å². The molecule has 4 heteroatoms. The molecule has 4 nitrogen and oxygen atoms in total. The van der Waals surface area contributed by atoms with Gasteiger partial charge < -0.3 is 9.47 Å². The number of hydrogen-bond donors (Lipinski definition) is 0. The molecule has 0 aliphatic carbocycles. The number of hydrogen-bond acceptors (Lipinski definition) is 4. The zero-order valence-electron chi connectivity index (χ0n) is 15.4. The van der Waals surface area contributed by atoms with E-state index in [1.54, 1.807) is 13.2 Å². The molecular weight excluding hydrogens is 326 g/mol. The summed E-state index contributed by atoms with van der Waals surface area (Å²) >= 11 is 0. The summed E-state index contributed by atoms with van der Waals surface area (Å²) in [4.78, 5) is 14.7. The quantitative estimate of drug-likeness (QED) is 0.587. The van der Waals surface area contributed by atoms with Gasteiger partial charge in [-0.3, -0.25) is 9.69 Å². The summed E-state index contributed by atoms with van der Waals surface area (Å²) < 4.78 is 10.9. The van der Waals surface area contributed by atoms with Crippen LogP contribution in [0.25, 0.3) is 6.08 Å². The molecule has 1 saturated heterocycles. The average molecular weight is 351 g/mol. The number of aryl methyl sites for hydroxylation is 1. The molecule has 2 aromatic rings. The molecule has 1 fully saturated rings. The summed E-state index contributed by atoms with van der Waals surface area (Å²) in [7, 11) is 1.69. The van der Waals surface area contributed by atoms with Crippen LogP contribution in [0.4, 0.5) is 0 Å². The van der Waals surface area contributed by atoms with E-state index < -0.39 is 0 Å². The van der Waals surface area contributed by atoms with Crippen molar-refractivity contribution in [3.8, 4) is 5.75 Å². The van der Waals surface area contributed by atoms with Crippen molar-refractivity contribution in [2.45, 2.75) is 13.5 Å². The number of carbonyl (C=O) groups is 1. The van der Waals surface area contributed by atoms with Crippen molar-refractivity contribution >= 4 is 11.9 Å². The number of rotatable bonds is 6. The van der Waals surface area contributed by atoms with Crippen molar-refractivity contribution in [1.82, 2.24) is 4.90 Å². The summed E-state index contributed by atoms with van der Waals surface area (Å²) in [5.41, 5.74) is 3.97. The highest BCUT2D eigenvalue weighted by atomic mass is 16.5. The molecule has 1 aliphatic heterocycles. The number of methoxy groups -OCH3 is 1. The molecule has 0 amide bonds. The molecule has 0 atom stereocenters. The van der Waals surface area contributed by atoms with Crippen molar-refractivity contribution < 1.29 is 14.3 Å². The van der Waals surface area contributed by atoms with Crippen LogP contribution in [-0.4, -0.2) is 44.1 Å². The first kappa shape index (κ1) is 18.4. The smallest absolute Gasteiger partial charge is 0.185 e. The topological polar surface area (TPSA) is 38.8 Å². The first-order chi connectivity index (χ1) is 12.7. The van der Waals surface area contributed by atoms with E-state index in [0.29, 0.717) is 5.56 Å². The minimum Gasteiger partial charge on any atom is -0.496 e. The lowest BCUT2D eigenvalue weighted by atomic mass is 10.1. The van der Waals surface area contributed by atoms with E-state index in [0.717, 1.165) is 55.3 Å². The minimum absolute atomic E-state index is 0.00977. The molecule has 1 aliphatic rings. The van der Waals surface area contributed by atoms with E-state index in [9.17, 15) is 4.79 Å². The van der Waals surface area contributed by atoms with Gasteiger partial charge in [0.25, 0.3) is 0 Å². The zero-order chi connectivity index (χ0) is 18.4. The molecule has 0 bridgehead atoms. The first-order valence-electron chi connectivity index (χ1n) is 8.92. The summed E-state index contributed by atoms with van der Waals surface area (Å²) in [5.74, 6) is 0.883. The van der Waals surface area contributed by atoms with E-state index >= 15 is 0 Å². The third kappa shape index (κ3) is 4.81. The van der Waals surface area contributed by atoms with Crippen LogP contribution in [0, 0.1) is 6.92 Å². The molecule has 136 valence electrons.